The van der Waals surface area contributed by atoms with Crippen LogP contribution in [-0.4, -0.2) is 94.4 Å². The van der Waals surface area contributed by atoms with E-state index in [1.807, 2.05) is 0 Å². The molecule has 0 spiro atoms. The van der Waals surface area contributed by atoms with Crippen LogP contribution in [0.3, 0.4) is 0 Å². The molecule has 0 aromatic heterocycles. The summed E-state index contributed by atoms with van der Waals surface area (Å²) in [5.74, 6) is -5.28. The molecule has 0 fully saturated rings. The maximum absolute atomic E-state index is 13.6. The predicted molar refractivity (Wildman–Crippen MR) is 183 cm³/mol. The molecule has 1 rings (SSSR count). The molecule has 4 atom stereocenters. The number of hydrogen-bond acceptors (Lipinski definition) is 12. The molecule has 5 N–H and O–H groups in total. The number of ether oxygens (including phenoxy) is 4. The minimum Gasteiger partial charge on any atom is -0.460 e. The Morgan fingerprint density at radius 3 is 1.67 bits per heavy atom. The molecule has 1 aromatic carbocycles. The van der Waals surface area contributed by atoms with Crippen molar-refractivity contribution in [2.45, 2.75) is 136 Å². The molecular formula is C35H54N4O12. The van der Waals surface area contributed by atoms with E-state index >= 15 is 0 Å². The Morgan fingerprint density at radius 1 is 0.647 bits per heavy atom. The van der Waals surface area contributed by atoms with Gasteiger partial charge in [0.1, 0.15) is 47.6 Å². The number of rotatable bonds is 16. The molecule has 1 aromatic rings. The summed E-state index contributed by atoms with van der Waals surface area (Å²) in [5.41, 5.74) is -1.97. The third-order valence-electron chi connectivity index (χ3n) is 6.24. The number of carbonyl (C=O) groups is 7. The van der Waals surface area contributed by atoms with Crippen LogP contribution in [0, 0.1) is 0 Å². The summed E-state index contributed by atoms with van der Waals surface area (Å²) in [4.78, 5) is 90.4. The average molecular weight is 723 g/mol. The summed E-state index contributed by atoms with van der Waals surface area (Å²) in [7, 11) is 0. The number of aliphatic hydroxyl groups is 1. The van der Waals surface area contributed by atoms with Crippen LogP contribution in [0.4, 0.5) is 4.79 Å². The molecule has 4 amide bonds. The Bertz CT molecular complexity index is 1360. The van der Waals surface area contributed by atoms with Crippen LogP contribution in [0.25, 0.3) is 0 Å². The first-order valence-electron chi connectivity index (χ1n) is 16.5. The van der Waals surface area contributed by atoms with Gasteiger partial charge in [0.2, 0.25) is 17.7 Å². The Morgan fingerprint density at radius 2 is 1.14 bits per heavy atom. The highest BCUT2D eigenvalue weighted by Crippen LogP contribution is 2.13. The van der Waals surface area contributed by atoms with Gasteiger partial charge in [0, 0.05) is 6.42 Å². The van der Waals surface area contributed by atoms with E-state index in [9.17, 15) is 38.7 Å². The van der Waals surface area contributed by atoms with Crippen molar-refractivity contribution in [1.82, 2.24) is 21.3 Å². The number of alkyl carbamates (subject to hydrolysis) is 1. The van der Waals surface area contributed by atoms with Gasteiger partial charge < -0.3 is 45.3 Å². The molecule has 16 nitrogen and oxygen atoms in total. The molecule has 0 aliphatic carbocycles. The standard InChI is InChI=1S/C35H54N4O12/c1-21(31(46)51-35(8,9)10)36-30(45)25(19-40)38-28(43)23(16-17-26(41)49-33(2,3)4)37-29(44)24(18-27(42)50-34(5,6)7)39-32(47)48-20-22-14-12-11-13-15-22/h11-15,21,23-25,40H,16-20H2,1-10H3,(H,36,45)(H,37,44)(H,38,43)(H,39,47)/t21-,23-,24-,25-/m0/s1. The van der Waals surface area contributed by atoms with Crippen molar-refractivity contribution >= 4 is 41.7 Å². The molecule has 0 aliphatic rings. The zero-order chi connectivity index (χ0) is 39.2. The first kappa shape index (κ1) is 44.3. The number of carbonyl (C=O) groups excluding carboxylic acids is 7. The lowest BCUT2D eigenvalue weighted by atomic mass is 10.1. The third-order valence-corrected chi connectivity index (χ3v) is 6.24. The van der Waals surface area contributed by atoms with E-state index in [2.05, 4.69) is 21.3 Å². The van der Waals surface area contributed by atoms with Gasteiger partial charge in [-0.1, -0.05) is 30.3 Å². The van der Waals surface area contributed by atoms with Crippen molar-refractivity contribution in [3.63, 3.8) is 0 Å². The topological polar surface area (TPSA) is 225 Å². The Kier molecular flexibility index (Phi) is 17.0. The molecule has 0 radical (unpaired) electrons. The van der Waals surface area contributed by atoms with E-state index in [0.29, 0.717) is 5.56 Å². The van der Waals surface area contributed by atoms with Crippen molar-refractivity contribution in [1.29, 1.82) is 0 Å². The van der Waals surface area contributed by atoms with Crippen molar-refractivity contribution in [2.75, 3.05) is 6.61 Å². The van der Waals surface area contributed by atoms with E-state index in [4.69, 9.17) is 18.9 Å². The number of nitrogens with one attached hydrogen (secondary N) is 4. The van der Waals surface area contributed by atoms with E-state index in [0.717, 1.165) is 0 Å². The summed E-state index contributed by atoms with van der Waals surface area (Å²) in [5, 5.41) is 19.3. The maximum atomic E-state index is 13.6. The molecule has 0 saturated heterocycles. The van der Waals surface area contributed by atoms with Crippen LogP contribution < -0.4 is 21.3 Å². The number of amides is 4. The van der Waals surface area contributed by atoms with E-state index in [1.54, 1.807) is 92.6 Å². The summed E-state index contributed by atoms with van der Waals surface area (Å²) < 4.78 is 21.1. The SMILES string of the molecule is C[C@H](NC(=O)[C@H](CO)NC(=O)[C@H](CCC(=O)OC(C)(C)C)NC(=O)[C@H](CC(=O)OC(C)(C)C)NC(=O)OCc1ccccc1)C(=O)OC(C)(C)C. The molecule has 286 valence electrons. The van der Waals surface area contributed by atoms with Gasteiger partial charge in [-0.15, -0.1) is 0 Å². The van der Waals surface area contributed by atoms with Gasteiger partial charge in [-0.05, 0) is 81.2 Å². The van der Waals surface area contributed by atoms with Crippen LogP contribution in [-0.2, 0) is 54.3 Å². The number of hydrogen-bond donors (Lipinski definition) is 5. The summed E-state index contributed by atoms with van der Waals surface area (Å²) in [6.07, 6.45) is -2.43. The fraction of sp³-hybridized carbons (Fsp3) is 0.629. The van der Waals surface area contributed by atoms with Crippen LogP contribution in [0.2, 0.25) is 0 Å². The lowest BCUT2D eigenvalue weighted by Crippen LogP contribution is -2.58. The summed E-state index contributed by atoms with van der Waals surface area (Å²) >= 11 is 0. The van der Waals surface area contributed by atoms with Crippen molar-refractivity contribution in [2.24, 2.45) is 0 Å². The smallest absolute Gasteiger partial charge is 0.408 e. The molecular weight excluding hydrogens is 668 g/mol. The lowest BCUT2D eigenvalue weighted by molar-refractivity contribution is -0.158. The van der Waals surface area contributed by atoms with Crippen LogP contribution in [0.15, 0.2) is 30.3 Å². The van der Waals surface area contributed by atoms with Gasteiger partial charge in [-0.25, -0.2) is 9.59 Å². The van der Waals surface area contributed by atoms with Gasteiger partial charge in [0.05, 0.1) is 13.0 Å². The molecule has 0 unspecified atom stereocenters. The molecule has 0 aliphatic heterocycles. The highest BCUT2D eigenvalue weighted by Gasteiger charge is 2.34. The van der Waals surface area contributed by atoms with Crippen LogP contribution >= 0.6 is 0 Å². The summed E-state index contributed by atoms with van der Waals surface area (Å²) in [6.45, 7) is 15.0. The maximum Gasteiger partial charge on any atom is 0.408 e. The fourth-order valence-electron chi connectivity index (χ4n) is 4.09. The highest BCUT2D eigenvalue weighted by molar-refractivity contribution is 5.96. The molecule has 0 heterocycles. The second-order valence-electron chi connectivity index (χ2n) is 14.7. The Balaban J connectivity index is 3.24. The first-order valence-corrected chi connectivity index (χ1v) is 16.5. The van der Waals surface area contributed by atoms with Gasteiger partial charge in [0.25, 0.3) is 0 Å². The van der Waals surface area contributed by atoms with Gasteiger partial charge in [-0.3, -0.25) is 24.0 Å². The minimum absolute atomic E-state index is 0.147. The second-order valence-corrected chi connectivity index (χ2v) is 14.7. The second kappa shape index (κ2) is 19.6. The average Bonchev–Trinajstić information content (AvgIpc) is 2.98. The summed E-state index contributed by atoms with van der Waals surface area (Å²) in [6, 6.07) is 2.80. The lowest BCUT2D eigenvalue weighted by Gasteiger charge is -2.26. The number of aliphatic hydroxyl groups excluding tert-OH is 1. The van der Waals surface area contributed by atoms with Crippen molar-refractivity contribution in [3.05, 3.63) is 35.9 Å². The number of benzene rings is 1. The fourth-order valence-corrected chi connectivity index (χ4v) is 4.09. The predicted octanol–water partition coefficient (Wildman–Crippen LogP) is 1.94. The zero-order valence-electron chi connectivity index (χ0n) is 31.2. The Hall–Kier alpha value is -4.73. The minimum atomic E-state index is -1.61. The van der Waals surface area contributed by atoms with Crippen LogP contribution in [0.5, 0.6) is 0 Å². The first-order chi connectivity index (χ1) is 23.4. The third kappa shape index (κ3) is 19.3. The molecule has 0 bridgehead atoms. The van der Waals surface area contributed by atoms with Gasteiger partial charge >= 0.3 is 24.0 Å². The van der Waals surface area contributed by atoms with E-state index in [-0.39, 0.29) is 19.4 Å². The number of esters is 3. The van der Waals surface area contributed by atoms with Crippen LogP contribution in [0.1, 0.15) is 94.1 Å². The highest BCUT2D eigenvalue weighted by atomic mass is 16.6. The quantitative estimate of drug-likeness (QED) is 0.122. The van der Waals surface area contributed by atoms with E-state index < -0.39 is 95.7 Å². The molecule has 51 heavy (non-hydrogen) atoms. The van der Waals surface area contributed by atoms with Crippen molar-refractivity contribution < 1.29 is 57.6 Å². The van der Waals surface area contributed by atoms with Crippen molar-refractivity contribution in [3.8, 4) is 0 Å². The Labute approximate surface area is 299 Å². The monoisotopic (exact) mass is 722 g/mol. The molecule has 16 heteroatoms. The van der Waals surface area contributed by atoms with Gasteiger partial charge in [-0.2, -0.15) is 0 Å². The van der Waals surface area contributed by atoms with E-state index in [1.165, 1.54) is 6.92 Å². The normalized spacial score (nSPS) is 14.0. The molecule has 0 saturated carbocycles. The largest absolute Gasteiger partial charge is 0.460 e. The zero-order valence-corrected chi connectivity index (χ0v) is 31.2. The van der Waals surface area contributed by atoms with Gasteiger partial charge in [0.15, 0.2) is 0 Å².